The Labute approximate surface area is 200 Å². The topological polar surface area (TPSA) is 185 Å². The smallest absolute Gasteiger partial charge is 0.335 e. The van der Waals surface area contributed by atoms with Crippen LogP contribution in [-0.4, -0.2) is 96.3 Å². The standard InChI is InChI=1S/C20H23NO4.C4H6O6/c22-13-4-3-12-9-15-20(24)6-5-14(23)18-19(20,16(12)17(13)25-18)7-8-21(15)10-11-1-2-11;5-1(3(7)8)2(6)4(9)10/h3-4,11,15,18,22,24H,1-2,5-10H2;1-2,5-6H,(H,7,8)(H,9,10)/t15-,18+,19+,20-;1-,2-/m10/s1. The molecule has 0 unspecified atom stereocenters. The molecule has 5 aliphatic rings. The van der Waals surface area contributed by atoms with Crippen LogP contribution in [-0.2, 0) is 26.2 Å². The second kappa shape index (κ2) is 8.16. The maximum Gasteiger partial charge on any atom is 0.335 e. The van der Waals surface area contributed by atoms with Crippen LogP contribution < -0.4 is 4.74 Å². The van der Waals surface area contributed by atoms with Gasteiger partial charge in [-0.3, -0.25) is 9.69 Å². The van der Waals surface area contributed by atoms with Gasteiger partial charge < -0.3 is 35.4 Å². The maximum atomic E-state index is 12.7. The molecule has 3 aliphatic carbocycles. The molecule has 35 heavy (non-hydrogen) atoms. The number of likely N-dealkylation sites (tertiary alicyclic amines) is 1. The van der Waals surface area contributed by atoms with Crippen molar-refractivity contribution < 1.29 is 49.8 Å². The number of phenolic OH excluding ortho intramolecular Hbond substituents is 1. The van der Waals surface area contributed by atoms with Gasteiger partial charge in [-0.25, -0.2) is 9.59 Å². The first kappa shape index (κ1) is 24.0. The van der Waals surface area contributed by atoms with Crippen molar-refractivity contribution in [2.75, 3.05) is 13.1 Å². The third-order valence-electron chi connectivity index (χ3n) is 8.36. The Balaban J connectivity index is 0.000000218. The van der Waals surface area contributed by atoms with Gasteiger partial charge in [0.25, 0.3) is 0 Å². The molecular weight excluding hydrogens is 462 g/mol. The zero-order chi connectivity index (χ0) is 25.3. The van der Waals surface area contributed by atoms with E-state index in [4.69, 9.17) is 25.2 Å². The summed E-state index contributed by atoms with van der Waals surface area (Å²) in [5.41, 5.74) is 0.454. The number of aromatic hydroxyl groups is 1. The van der Waals surface area contributed by atoms with Crippen LogP contribution in [0.25, 0.3) is 0 Å². The maximum absolute atomic E-state index is 12.7. The Kier molecular flexibility index (Phi) is 5.59. The van der Waals surface area contributed by atoms with Crippen molar-refractivity contribution in [3.63, 3.8) is 0 Å². The number of aliphatic hydroxyl groups is 3. The van der Waals surface area contributed by atoms with E-state index in [1.54, 1.807) is 6.07 Å². The average Bonchev–Trinajstić information content (AvgIpc) is 3.55. The summed E-state index contributed by atoms with van der Waals surface area (Å²) in [5, 5.41) is 54.8. The molecule has 11 heteroatoms. The Morgan fingerprint density at radius 2 is 1.77 bits per heavy atom. The molecule has 1 saturated heterocycles. The van der Waals surface area contributed by atoms with Crippen LogP contribution in [0.1, 0.15) is 43.2 Å². The fourth-order valence-electron chi connectivity index (χ4n) is 6.53. The van der Waals surface area contributed by atoms with E-state index >= 15 is 0 Å². The number of Topliss-reactive ketones (excluding diaryl/α,β-unsaturated/α-hetero) is 1. The lowest BCUT2D eigenvalue weighted by Crippen LogP contribution is -2.76. The predicted octanol–water partition coefficient (Wildman–Crippen LogP) is -0.597. The molecule has 0 aromatic heterocycles. The van der Waals surface area contributed by atoms with Crippen LogP contribution in [0.3, 0.4) is 0 Å². The highest BCUT2D eigenvalue weighted by Crippen LogP contribution is 2.64. The minimum atomic E-state index is -2.27. The van der Waals surface area contributed by atoms with Crippen molar-refractivity contribution in [2.45, 2.75) is 73.9 Å². The molecule has 1 aromatic carbocycles. The second-order valence-electron chi connectivity index (χ2n) is 10.3. The number of carboxylic acid groups (broad SMARTS) is 2. The SMILES string of the molecule is O=C(O)[C@@H](O)[C@H](O)C(=O)O.O=C1CC[C@@]2(O)[C@H]3Cc4ccc(O)c5c4[C@@]2(CCN3CC2CC2)[C@H]1O5. The Bertz CT molecular complexity index is 1070. The molecule has 2 saturated carbocycles. The number of ether oxygens (including phenoxy) is 1. The number of benzene rings is 1. The highest BCUT2D eigenvalue weighted by Gasteiger charge is 2.73. The van der Waals surface area contributed by atoms with Crippen molar-refractivity contribution in [2.24, 2.45) is 5.92 Å². The van der Waals surface area contributed by atoms with Crippen LogP contribution in [0.2, 0.25) is 0 Å². The molecule has 3 fully saturated rings. The average molecular weight is 491 g/mol. The first-order valence-corrected chi connectivity index (χ1v) is 11.8. The molecule has 2 aliphatic heterocycles. The van der Waals surface area contributed by atoms with Crippen LogP contribution >= 0.6 is 0 Å². The van der Waals surface area contributed by atoms with Gasteiger partial charge in [0.05, 0.1) is 11.0 Å². The van der Waals surface area contributed by atoms with Gasteiger partial charge in [-0.2, -0.15) is 0 Å². The number of piperidine rings is 1. The van der Waals surface area contributed by atoms with Crippen molar-refractivity contribution in [1.82, 2.24) is 4.90 Å². The largest absolute Gasteiger partial charge is 0.504 e. The molecular formula is C24H29NO10. The summed E-state index contributed by atoms with van der Waals surface area (Å²) in [7, 11) is 0. The first-order valence-electron chi connectivity index (χ1n) is 11.8. The second-order valence-corrected chi connectivity index (χ2v) is 10.3. The van der Waals surface area contributed by atoms with E-state index < -0.39 is 41.3 Å². The molecule has 190 valence electrons. The zero-order valence-electron chi connectivity index (χ0n) is 19.0. The number of hydrogen-bond acceptors (Lipinski definition) is 9. The fourth-order valence-corrected chi connectivity index (χ4v) is 6.53. The molecule has 11 nitrogen and oxygen atoms in total. The highest BCUT2D eigenvalue weighted by molar-refractivity contribution is 5.90. The van der Waals surface area contributed by atoms with Crippen LogP contribution in [0.4, 0.5) is 0 Å². The Morgan fingerprint density at radius 1 is 1.11 bits per heavy atom. The van der Waals surface area contributed by atoms with Crippen LogP contribution in [0, 0.1) is 5.92 Å². The van der Waals surface area contributed by atoms with E-state index in [9.17, 15) is 24.6 Å². The fraction of sp³-hybridized carbons (Fsp3) is 0.625. The summed E-state index contributed by atoms with van der Waals surface area (Å²) in [6.45, 7) is 1.95. The normalized spacial score (nSPS) is 34.1. The molecule has 2 bridgehead atoms. The number of rotatable bonds is 5. The molecule has 0 radical (unpaired) electrons. The number of carbonyl (C=O) groups is 3. The Morgan fingerprint density at radius 3 is 2.37 bits per heavy atom. The lowest BCUT2D eigenvalue weighted by atomic mass is 9.49. The molecule has 1 spiro atoms. The molecule has 0 amide bonds. The van der Waals surface area contributed by atoms with E-state index in [2.05, 4.69) is 4.90 Å². The van der Waals surface area contributed by atoms with E-state index in [0.717, 1.165) is 43.0 Å². The van der Waals surface area contributed by atoms with Gasteiger partial charge in [0.1, 0.15) is 0 Å². The highest BCUT2D eigenvalue weighted by atomic mass is 16.5. The van der Waals surface area contributed by atoms with Gasteiger partial charge in [0.15, 0.2) is 35.6 Å². The number of aliphatic hydroxyl groups excluding tert-OH is 2. The van der Waals surface area contributed by atoms with Gasteiger partial charge in [-0.1, -0.05) is 6.07 Å². The number of aliphatic carboxylic acids is 2. The van der Waals surface area contributed by atoms with Gasteiger partial charge in [0.2, 0.25) is 0 Å². The third-order valence-corrected chi connectivity index (χ3v) is 8.36. The molecule has 6 rings (SSSR count). The minimum Gasteiger partial charge on any atom is -0.504 e. The Hall–Kier alpha value is -2.73. The van der Waals surface area contributed by atoms with Crippen molar-refractivity contribution in [3.05, 3.63) is 23.3 Å². The van der Waals surface area contributed by atoms with Gasteiger partial charge in [-0.15, -0.1) is 0 Å². The quantitative estimate of drug-likeness (QED) is 0.309. The first-order chi connectivity index (χ1) is 16.5. The van der Waals surface area contributed by atoms with Gasteiger partial charge in [0, 0.05) is 24.6 Å². The molecule has 6 N–H and O–H groups in total. The number of nitrogens with zero attached hydrogens (tertiary/aromatic N) is 1. The summed E-state index contributed by atoms with van der Waals surface area (Å²) in [6, 6.07) is 3.69. The summed E-state index contributed by atoms with van der Waals surface area (Å²) in [5.74, 6) is -2.15. The zero-order valence-corrected chi connectivity index (χ0v) is 19.0. The molecule has 2 heterocycles. The van der Waals surface area contributed by atoms with Crippen molar-refractivity contribution >= 4 is 17.7 Å². The summed E-state index contributed by atoms with van der Waals surface area (Å²) in [4.78, 5) is 34.7. The summed E-state index contributed by atoms with van der Waals surface area (Å²) in [6.07, 6.45) is -0.205. The van der Waals surface area contributed by atoms with E-state index in [1.807, 2.05) is 6.07 Å². The van der Waals surface area contributed by atoms with E-state index in [0.29, 0.717) is 18.6 Å². The van der Waals surface area contributed by atoms with Crippen LogP contribution in [0.15, 0.2) is 12.1 Å². The molecule has 1 aromatic rings. The van der Waals surface area contributed by atoms with Gasteiger partial charge in [-0.05, 0) is 56.2 Å². The lowest BCUT2D eigenvalue weighted by molar-refractivity contribution is -0.188. The van der Waals surface area contributed by atoms with Gasteiger partial charge >= 0.3 is 11.9 Å². The number of carboxylic acids is 2. The monoisotopic (exact) mass is 491 g/mol. The number of phenols is 1. The summed E-state index contributed by atoms with van der Waals surface area (Å²) < 4.78 is 6.04. The summed E-state index contributed by atoms with van der Waals surface area (Å²) >= 11 is 0. The minimum absolute atomic E-state index is 0.0454. The number of carbonyl (C=O) groups excluding carboxylic acids is 1. The number of ketones is 1. The third kappa shape index (κ3) is 3.44. The van der Waals surface area contributed by atoms with Crippen molar-refractivity contribution in [3.8, 4) is 11.5 Å². The van der Waals surface area contributed by atoms with E-state index in [-0.39, 0.29) is 17.6 Å². The van der Waals surface area contributed by atoms with Crippen LogP contribution in [0.5, 0.6) is 11.5 Å². The molecule has 6 atom stereocenters. The lowest BCUT2D eigenvalue weighted by Gasteiger charge is -2.62. The van der Waals surface area contributed by atoms with Crippen molar-refractivity contribution in [1.29, 1.82) is 0 Å². The number of hydrogen-bond donors (Lipinski definition) is 6. The predicted molar refractivity (Wildman–Crippen MR) is 117 cm³/mol. The van der Waals surface area contributed by atoms with E-state index in [1.165, 1.54) is 12.8 Å².